The van der Waals surface area contributed by atoms with Gasteiger partial charge in [-0.05, 0) is 23.8 Å². The van der Waals surface area contributed by atoms with Gasteiger partial charge in [-0.15, -0.1) is 0 Å². The highest BCUT2D eigenvalue weighted by Gasteiger charge is 2.36. The highest BCUT2D eigenvalue weighted by atomic mass is 79.9. The van der Waals surface area contributed by atoms with Gasteiger partial charge in [0, 0.05) is 10.0 Å². The molecular weight excluding hydrogens is 359 g/mol. The molecule has 1 N–H and O–H groups in total. The number of hydrogen-bond acceptors (Lipinski definition) is 1. The van der Waals surface area contributed by atoms with Gasteiger partial charge >= 0.3 is 6.18 Å². The van der Waals surface area contributed by atoms with E-state index in [4.69, 9.17) is 0 Å². The molecule has 1 unspecified atom stereocenters. The lowest BCUT2D eigenvalue weighted by atomic mass is 9.96. The van der Waals surface area contributed by atoms with Crippen LogP contribution in [0.5, 0.6) is 0 Å². The molecule has 0 amide bonds. The van der Waals surface area contributed by atoms with Gasteiger partial charge in [0.2, 0.25) is 0 Å². The highest BCUT2D eigenvalue weighted by Crippen LogP contribution is 2.38. The number of aliphatic hydroxyl groups is 1. The largest absolute Gasteiger partial charge is 0.416 e. The molecule has 0 bridgehead atoms. The standard InChI is InChI=1S/C14H8BrF5O/c15-7-4-5-8(10(6-7)14(18,19)20)13(21)9-2-1-3-11(16)12(9)17/h1-6,13,21H. The third-order valence-corrected chi connectivity index (χ3v) is 3.38. The SMILES string of the molecule is OC(c1ccc(Br)cc1C(F)(F)F)c1cccc(F)c1F. The van der Waals surface area contributed by atoms with E-state index in [-0.39, 0.29) is 4.47 Å². The first-order valence-electron chi connectivity index (χ1n) is 5.70. The van der Waals surface area contributed by atoms with Crippen LogP contribution in [0.25, 0.3) is 0 Å². The molecule has 112 valence electrons. The van der Waals surface area contributed by atoms with E-state index in [1.54, 1.807) is 0 Å². The first-order valence-corrected chi connectivity index (χ1v) is 6.49. The van der Waals surface area contributed by atoms with Crippen molar-refractivity contribution < 1.29 is 27.1 Å². The zero-order valence-corrected chi connectivity index (χ0v) is 11.8. The molecule has 0 radical (unpaired) electrons. The molecule has 0 fully saturated rings. The summed E-state index contributed by atoms with van der Waals surface area (Å²) < 4.78 is 65.9. The van der Waals surface area contributed by atoms with Crippen molar-refractivity contribution in [3.63, 3.8) is 0 Å². The van der Waals surface area contributed by atoms with Crippen LogP contribution in [0.3, 0.4) is 0 Å². The van der Waals surface area contributed by atoms with Gasteiger partial charge in [0.25, 0.3) is 0 Å². The quantitative estimate of drug-likeness (QED) is 0.755. The molecule has 0 spiro atoms. The topological polar surface area (TPSA) is 20.2 Å². The second-order valence-electron chi connectivity index (χ2n) is 4.27. The van der Waals surface area contributed by atoms with Crippen molar-refractivity contribution >= 4 is 15.9 Å². The van der Waals surface area contributed by atoms with Crippen molar-refractivity contribution in [2.24, 2.45) is 0 Å². The van der Waals surface area contributed by atoms with Gasteiger partial charge in [-0.1, -0.05) is 34.1 Å². The zero-order valence-electron chi connectivity index (χ0n) is 10.3. The summed E-state index contributed by atoms with van der Waals surface area (Å²) in [7, 11) is 0. The minimum Gasteiger partial charge on any atom is -0.384 e. The van der Waals surface area contributed by atoms with E-state index >= 15 is 0 Å². The lowest BCUT2D eigenvalue weighted by Crippen LogP contribution is -2.14. The van der Waals surface area contributed by atoms with Crippen molar-refractivity contribution in [2.75, 3.05) is 0 Å². The lowest BCUT2D eigenvalue weighted by Gasteiger charge is -2.18. The molecule has 21 heavy (non-hydrogen) atoms. The smallest absolute Gasteiger partial charge is 0.384 e. The third-order valence-electron chi connectivity index (χ3n) is 2.89. The molecular formula is C14H8BrF5O. The number of aliphatic hydroxyl groups excluding tert-OH is 1. The maximum atomic E-state index is 13.6. The summed E-state index contributed by atoms with van der Waals surface area (Å²) in [5.74, 6) is -2.61. The average Bonchev–Trinajstić information content (AvgIpc) is 2.40. The van der Waals surface area contributed by atoms with Crippen molar-refractivity contribution in [3.8, 4) is 0 Å². The van der Waals surface area contributed by atoms with Crippen molar-refractivity contribution in [3.05, 3.63) is 69.2 Å². The Hall–Kier alpha value is -1.47. The Labute approximate surface area is 125 Å². The molecule has 7 heteroatoms. The van der Waals surface area contributed by atoms with E-state index in [9.17, 15) is 27.1 Å². The van der Waals surface area contributed by atoms with Gasteiger partial charge in [0.05, 0.1) is 5.56 Å². The van der Waals surface area contributed by atoms with Crippen LogP contribution in [0.4, 0.5) is 22.0 Å². The molecule has 0 aliphatic heterocycles. The van der Waals surface area contributed by atoms with Gasteiger partial charge in [-0.2, -0.15) is 13.2 Å². The number of hydrogen-bond donors (Lipinski definition) is 1. The molecule has 2 aromatic rings. The van der Waals surface area contributed by atoms with E-state index in [1.807, 2.05) is 0 Å². The van der Waals surface area contributed by atoms with Gasteiger partial charge in [0.1, 0.15) is 6.10 Å². The zero-order chi connectivity index (χ0) is 15.8. The Kier molecular flexibility index (Phi) is 4.34. The van der Waals surface area contributed by atoms with Crippen LogP contribution in [-0.2, 0) is 6.18 Å². The van der Waals surface area contributed by atoms with Gasteiger partial charge < -0.3 is 5.11 Å². The molecule has 0 aliphatic rings. The molecule has 0 saturated carbocycles. The third kappa shape index (κ3) is 3.24. The van der Waals surface area contributed by atoms with E-state index in [1.165, 1.54) is 6.07 Å². The van der Waals surface area contributed by atoms with Crippen LogP contribution in [-0.4, -0.2) is 5.11 Å². The fraction of sp³-hybridized carbons (Fsp3) is 0.143. The van der Waals surface area contributed by atoms with Crippen molar-refractivity contribution in [1.82, 2.24) is 0 Å². The van der Waals surface area contributed by atoms with Gasteiger partial charge in [-0.25, -0.2) is 8.78 Å². The van der Waals surface area contributed by atoms with Crippen LogP contribution in [0, 0.1) is 11.6 Å². The van der Waals surface area contributed by atoms with Crippen LogP contribution in [0.2, 0.25) is 0 Å². The number of benzene rings is 2. The predicted octanol–water partition coefficient (Wildman–Crippen LogP) is 4.83. The summed E-state index contributed by atoms with van der Waals surface area (Å²) >= 11 is 2.90. The molecule has 0 aromatic heterocycles. The Morgan fingerprint density at radius 3 is 2.29 bits per heavy atom. The van der Waals surface area contributed by atoms with E-state index in [2.05, 4.69) is 15.9 Å². The molecule has 0 heterocycles. The Morgan fingerprint density at radius 2 is 1.67 bits per heavy atom. The summed E-state index contributed by atoms with van der Waals surface area (Å²) in [6.45, 7) is 0. The summed E-state index contributed by atoms with van der Waals surface area (Å²) in [6, 6.07) is 6.04. The lowest BCUT2D eigenvalue weighted by molar-refractivity contribution is -0.139. The minimum atomic E-state index is -4.73. The van der Waals surface area contributed by atoms with Crippen molar-refractivity contribution in [1.29, 1.82) is 0 Å². The average molecular weight is 367 g/mol. The summed E-state index contributed by atoms with van der Waals surface area (Å²) in [6.07, 6.45) is -6.66. The predicted molar refractivity (Wildman–Crippen MR) is 69.6 cm³/mol. The number of halogens is 6. The molecule has 1 atom stereocenters. The second-order valence-corrected chi connectivity index (χ2v) is 5.19. The Bertz CT molecular complexity index is 669. The molecule has 1 nitrogen and oxygen atoms in total. The van der Waals surface area contributed by atoms with Gasteiger partial charge in [0.15, 0.2) is 11.6 Å². The fourth-order valence-corrected chi connectivity index (χ4v) is 2.27. The normalized spacial score (nSPS) is 13.3. The summed E-state index contributed by atoms with van der Waals surface area (Å²) in [4.78, 5) is 0. The summed E-state index contributed by atoms with van der Waals surface area (Å²) in [5.41, 5.74) is -2.22. The first kappa shape index (κ1) is 15.9. The first-order chi connectivity index (χ1) is 9.71. The number of rotatable bonds is 2. The van der Waals surface area contributed by atoms with E-state index < -0.39 is 40.6 Å². The van der Waals surface area contributed by atoms with Crippen LogP contribution >= 0.6 is 15.9 Å². The molecule has 2 aromatic carbocycles. The Balaban J connectivity index is 2.59. The highest BCUT2D eigenvalue weighted by molar-refractivity contribution is 9.10. The van der Waals surface area contributed by atoms with Crippen molar-refractivity contribution in [2.45, 2.75) is 12.3 Å². The van der Waals surface area contributed by atoms with E-state index in [0.29, 0.717) is 0 Å². The van der Waals surface area contributed by atoms with Crippen LogP contribution in [0.1, 0.15) is 22.8 Å². The maximum Gasteiger partial charge on any atom is 0.416 e. The summed E-state index contributed by atoms with van der Waals surface area (Å²) in [5, 5.41) is 10.0. The molecule has 0 aliphatic carbocycles. The molecule has 2 rings (SSSR count). The van der Waals surface area contributed by atoms with Gasteiger partial charge in [-0.3, -0.25) is 0 Å². The number of alkyl halides is 3. The fourth-order valence-electron chi connectivity index (χ4n) is 1.91. The minimum absolute atomic E-state index is 0.158. The maximum absolute atomic E-state index is 13.6. The van der Waals surface area contributed by atoms with Crippen LogP contribution in [0.15, 0.2) is 40.9 Å². The molecule has 0 saturated heterocycles. The van der Waals surface area contributed by atoms with Crippen LogP contribution < -0.4 is 0 Å². The monoisotopic (exact) mass is 366 g/mol. The second kappa shape index (κ2) is 5.73. The Morgan fingerprint density at radius 1 is 1.00 bits per heavy atom. The van der Waals surface area contributed by atoms with E-state index in [0.717, 1.165) is 30.3 Å².